The van der Waals surface area contributed by atoms with Crippen LogP contribution in [0.3, 0.4) is 0 Å². The van der Waals surface area contributed by atoms with Gasteiger partial charge in [-0.25, -0.2) is 15.0 Å². The normalized spacial score (nSPS) is 14.2. The maximum Gasteiger partial charge on any atom is 0.254 e. The molecule has 7 heteroatoms. The van der Waals surface area contributed by atoms with E-state index in [0.717, 1.165) is 40.5 Å². The van der Waals surface area contributed by atoms with Crippen LogP contribution in [0, 0.1) is 6.92 Å². The van der Waals surface area contributed by atoms with Crippen LogP contribution in [-0.4, -0.2) is 31.4 Å². The molecule has 2 aromatic heterocycles. The van der Waals surface area contributed by atoms with E-state index in [1.165, 1.54) is 6.33 Å². The van der Waals surface area contributed by atoms with Gasteiger partial charge in [-0.05, 0) is 30.5 Å². The standard InChI is InChI=1S/C19H18ClN5O/c1-12-2-3-13(6-16(12)20)9-25-5-4-15-17(10-25)23-18(24-19(15)26)14-7-21-11-22-8-14/h2-3,6-8,11H,4-5,9-10H2,1H3,(H,23,24,26). The van der Waals surface area contributed by atoms with Gasteiger partial charge in [0.05, 0.1) is 11.3 Å². The van der Waals surface area contributed by atoms with Gasteiger partial charge in [0.2, 0.25) is 0 Å². The minimum Gasteiger partial charge on any atom is -0.306 e. The highest BCUT2D eigenvalue weighted by Crippen LogP contribution is 2.22. The summed E-state index contributed by atoms with van der Waals surface area (Å²) in [5, 5.41) is 0.779. The van der Waals surface area contributed by atoms with Crippen molar-refractivity contribution in [3.05, 3.63) is 74.7 Å². The first-order valence-corrected chi connectivity index (χ1v) is 8.83. The lowest BCUT2D eigenvalue weighted by molar-refractivity contribution is 0.240. The number of hydrogen-bond acceptors (Lipinski definition) is 5. The summed E-state index contributed by atoms with van der Waals surface area (Å²) >= 11 is 6.23. The fraction of sp³-hybridized carbons (Fsp3) is 0.263. The Balaban J connectivity index is 1.60. The molecule has 0 atom stereocenters. The van der Waals surface area contributed by atoms with Crippen LogP contribution < -0.4 is 5.56 Å². The number of hydrogen-bond donors (Lipinski definition) is 1. The molecule has 0 saturated heterocycles. The van der Waals surface area contributed by atoms with Gasteiger partial charge in [-0.2, -0.15) is 0 Å². The maximum atomic E-state index is 12.4. The second-order valence-corrected chi connectivity index (χ2v) is 6.92. The van der Waals surface area contributed by atoms with Gasteiger partial charge in [0, 0.05) is 42.6 Å². The Bertz CT molecular complexity index is 1000. The fourth-order valence-corrected chi connectivity index (χ4v) is 3.38. The van der Waals surface area contributed by atoms with Gasteiger partial charge in [0.15, 0.2) is 0 Å². The van der Waals surface area contributed by atoms with E-state index in [1.54, 1.807) is 12.4 Å². The van der Waals surface area contributed by atoms with E-state index in [4.69, 9.17) is 11.6 Å². The van der Waals surface area contributed by atoms with E-state index in [2.05, 4.69) is 30.9 Å². The first kappa shape index (κ1) is 16.9. The summed E-state index contributed by atoms with van der Waals surface area (Å²) in [4.78, 5) is 30.2. The first-order chi connectivity index (χ1) is 12.6. The van der Waals surface area contributed by atoms with Crippen molar-refractivity contribution in [2.75, 3.05) is 6.54 Å². The minimum absolute atomic E-state index is 0.0770. The third kappa shape index (κ3) is 3.38. The van der Waals surface area contributed by atoms with Gasteiger partial charge < -0.3 is 4.98 Å². The van der Waals surface area contributed by atoms with Crippen molar-refractivity contribution in [3.8, 4) is 11.4 Å². The molecule has 1 aromatic carbocycles. The number of H-pyrrole nitrogens is 1. The molecule has 0 bridgehead atoms. The zero-order valence-corrected chi connectivity index (χ0v) is 15.1. The fourth-order valence-electron chi connectivity index (χ4n) is 3.18. The van der Waals surface area contributed by atoms with Crippen molar-refractivity contribution in [1.29, 1.82) is 0 Å². The number of nitrogens with one attached hydrogen (secondary N) is 1. The molecule has 6 nitrogen and oxygen atoms in total. The van der Waals surface area contributed by atoms with E-state index >= 15 is 0 Å². The molecule has 0 unspecified atom stereocenters. The number of aromatic amines is 1. The molecule has 0 radical (unpaired) electrons. The van der Waals surface area contributed by atoms with Crippen molar-refractivity contribution >= 4 is 11.6 Å². The Morgan fingerprint density at radius 1 is 1.27 bits per heavy atom. The van der Waals surface area contributed by atoms with Crippen molar-refractivity contribution in [3.63, 3.8) is 0 Å². The average molecular weight is 368 g/mol. The van der Waals surface area contributed by atoms with Gasteiger partial charge in [-0.1, -0.05) is 23.7 Å². The molecule has 3 aromatic rings. The van der Waals surface area contributed by atoms with Crippen LogP contribution in [0.4, 0.5) is 0 Å². The summed E-state index contributed by atoms with van der Waals surface area (Å²) in [7, 11) is 0. The smallest absolute Gasteiger partial charge is 0.254 e. The maximum absolute atomic E-state index is 12.4. The lowest BCUT2D eigenvalue weighted by Gasteiger charge is -2.27. The van der Waals surface area contributed by atoms with Crippen molar-refractivity contribution in [1.82, 2.24) is 24.8 Å². The molecular formula is C19H18ClN5O. The van der Waals surface area contributed by atoms with E-state index in [-0.39, 0.29) is 5.56 Å². The van der Waals surface area contributed by atoms with Crippen LogP contribution in [-0.2, 0) is 19.5 Å². The molecule has 1 aliphatic heterocycles. The molecule has 1 N–H and O–H groups in total. The second kappa shape index (κ2) is 6.97. The molecule has 0 spiro atoms. The van der Waals surface area contributed by atoms with Crippen molar-refractivity contribution in [2.24, 2.45) is 0 Å². The van der Waals surface area contributed by atoms with Crippen LogP contribution in [0.2, 0.25) is 5.02 Å². The monoisotopic (exact) mass is 367 g/mol. The number of rotatable bonds is 3. The summed E-state index contributed by atoms with van der Waals surface area (Å²) in [5.74, 6) is 0.509. The number of benzene rings is 1. The average Bonchev–Trinajstić information content (AvgIpc) is 2.65. The third-order valence-electron chi connectivity index (χ3n) is 4.63. The Kier molecular flexibility index (Phi) is 4.53. The molecule has 0 fully saturated rings. The van der Waals surface area contributed by atoms with Gasteiger partial charge >= 0.3 is 0 Å². The summed E-state index contributed by atoms with van der Waals surface area (Å²) in [6, 6.07) is 6.13. The molecule has 0 amide bonds. The minimum atomic E-state index is -0.0770. The van der Waals surface area contributed by atoms with Gasteiger partial charge in [-0.3, -0.25) is 9.69 Å². The van der Waals surface area contributed by atoms with Crippen LogP contribution in [0.5, 0.6) is 0 Å². The summed E-state index contributed by atoms with van der Waals surface area (Å²) in [5.41, 5.74) is 4.44. The quantitative estimate of drug-likeness (QED) is 0.770. The highest BCUT2D eigenvalue weighted by molar-refractivity contribution is 6.31. The number of halogens is 1. The SMILES string of the molecule is Cc1ccc(CN2CCc3c(nc(-c4cncnc4)[nH]c3=O)C2)cc1Cl. The molecular weight excluding hydrogens is 350 g/mol. The van der Waals surface area contributed by atoms with Crippen LogP contribution >= 0.6 is 11.6 Å². The van der Waals surface area contributed by atoms with Crippen molar-refractivity contribution in [2.45, 2.75) is 26.4 Å². The number of aryl methyl sites for hydroxylation is 1. The predicted octanol–water partition coefficient (Wildman–Crippen LogP) is 2.75. The molecule has 26 heavy (non-hydrogen) atoms. The summed E-state index contributed by atoms with van der Waals surface area (Å²) < 4.78 is 0. The Labute approximate surface area is 155 Å². The van der Waals surface area contributed by atoms with Gasteiger partial charge in [0.25, 0.3) is 5.56 Å². The second-order valence-electron chi connectivity index (χ2n) is 6.51. The van der Waals surface area contributed by atoms with Crippen LogP contribution in [0.1, 0.15) is 22.4 Å². The third-order valence-corrected chi connectivity index (χ3v) is 5.04. The summed E-state index contributed by atoms with van der Waals surface area (Å²) in [6.45, 7) is 4.22. The number of fused-ring (bicyclic) bond motifs is 1. The van der Waals surface area contributed by atoms with E-state index in [1.807, 2.05) is 19.1 Å². The van der Waals surface area contributed by atoms with E-state index in [0.29, 0.717) is 24.4 Å². The molecule has 3 heterocycles. The Morgan fingerprint density at radius 2 is 2.08 bits per heavy atom. The largest absolute Gasteiger partial charge is 0.306 e. The first-order valence-electron chi connectivity index (χ1n) is 8.45. The number of nitrogens with zero attached hydrogens (tertiary/aromatic N) is 4. The zero-order chi connectivity index (χ0) is 18.1. The van der Waals surface area contributed by atoms with Crippen LogP contribution in [0.25, 0.3) is 11.4 Å². The van der Waals surface area contributed by atoms with Gasteiger partial charge in [-0.15, -0.1) is 0 Å². The van der Waals surface area contributed by atoms with Gasteiger partial charge in [0.1, 0.15) is 12.2 Å². The molecule has 0 aliphatic carbocycles. The van der Waals surface area contributed by atoms with E-state index in [9.17, 15) is 4.79 Å². The summed E-state index contributed by atoms with van der Waals surface area (Å²) in [6.07, 6.45) is 5.43. The Morgan fingerprint density at radius 3 is 2.85 bits per heavy atom. The van der Waals surface area contributed by atoms with Crippen molar-refractivity contribution < 1.29 is 0 Å². The molecule has 1 aliphatic rings. The van der Waals surface area contributed by atoms with E-state index < -0.39 is 0 Å². The lowest BCUT2D eigenvalue weighted by atomic mass is 10.0. The topological polar surface area (TPSA) is 74.8 Å². The molecule has 132 valence electrons. The zero-order valence-electron chi connectivity index (χ0n) is 14.4. The number of aromatic nitrogens is 4. The molecule has 4 rings (SSSR count). The highest BCUT2D eigenvalue weighted by atomic mass is 35.5. The van der Waals surface area contributed by atoms with Crippen LogP contribution in [0.15, 0.2) is 41.7 Å². The molecule has 0 saturated carbocycles. The highest BCUT2D eigenvalue weighted by Gasteiger charge is 2.21. The predicted molar refractivity (Wildman–Crippen MR) is 99.9 cm³/mol. The Hall–Kier alpha value is -2.57. The lowest BCUT2D eigenvalue weighted by Crippen LogP contribution is -2.35.